The van der Waals surface area contributed by atoms with Crippen LogP contribution in [0.3, 0.4) is 0 Å². The first-order chi connectivity index (χ1) is 8.79. The molecule has 0 atom stereocenters. The van der Waals surface area contributed by atoms with Gasteiger partial charge in [0.1, 0.15) is 0 Å². The van der Waals surface area contributed by atoms with Gasteiger partial charge in [0.25, 0.3) is 0 Å². The lowest BCUT2D eigenvalue weighted by atomic mass is 10.1. The van der Waals surface area contributed by atoms with E-state index in [2.05, 4.69) is 17.9 Å². The standard InChI is InChI=1S/C14H24N2OS/c1-12-13(9-14(10-15)18-12)11-17-8-7-16-5-3-2-4-6-16/h9H,2-8,10-11,15H2,1H3. The Morgan fingerprint density at radius 1 is 1.33 bits per heavy atom. The van der Waals surface area contributed by atoms with E-state index in [0.717, 1.165) is 19.8 Å². The number of nitrogens with zero attached hydrogens (tertiary/aromatic N) is 1. The predicted molar refractivity (Wildman–Crippen MR) is 76.9 cm³/mol. The molecule has 0 amide bonds. The molecule has 1 saturated heterocycles. The number of ether oxygens (including phenoxy) is 1. The molecule has 0 radical (unpaired) electrons. The molecule has 4 heteroatoms. The lowest BCUT2D eigenvalue weighted by Crippen LogP contribution is -2.32. The van der Waals surface area contributed by atoms with Crippen LogP contribution in [0.25, 0.3) is 0 Å². The number of rotatable bonds is 6. The highest BCUT2D eigenvalue weighted by Gasteiger charge is 2.09. The zero-order valence-corrected chi connectivity index (χ0v) is 12.1. The third-order valence-electron chi connectivity index (χ3n) is 3.53. The van der Waals surface area contributed by atoms with Gasteiger partial charge in [-0.05, 0) is 44.5 Å². The molecule has 0 saturated carbocycles. The minimum atomic E-state index is 0.638. The van der Waals surface area contributed by atoms with Crippen LogP contribution in [0.15, 0.2) is 6.07 Å². The van der Waals surface area contributed by atoms with E-state index in [0.29, 0.717) is 6.54 Å². The zero-order valence-electron chi connectivity index (χ0n) is 11.3. The van der Waals surface area contributed by atoms with Gasteiger partial charge in [-0.3, -0.25) is 0 Å². The molecule has 2 heterocycles. The molecule has 0 spiro atoms. The molecule has 3 nitrogen and oxygen atoms in total. The fraction of sp³-hybridized carbons (Fsp3) is 0.714. The Labute approximate surface area is 114 Å². The summed E-state index contributed by atoms with van der Waals surface area (Å²) in [6.07, 6.45) is 4.10. The zero-order chi connectivity index (χ0) is 12.8. The number of aryl methyl sites for hydroxylation is 1. The van der Waals surface area contributed by atoms with E-state index in [1.54, 1.807) is 11.3 Å². The van der Waals surface area contributed by atoms with E-state index in [9.17, 15) is 0 Å². The molecule has 18 heavy (non-hydrogen) atoms. The van der Waals surface area contributed by atoms with Crippen molar-refractivity contribution in [2.75, 3.05) is 26.2 Å². The Hall–Kier alpha value is -0.420. The summed E-state index contributed by atoms with van der Waals surface area (Å²) in [6, 6.07) is 2.18. The van der Waals surface area contributed by atoms with Gasteiger partial charge in [-0.2, -0.15) is 0 Å². The topological polar surface area (TPSA) is 38.5 Å². The summed E-state index contributed by atoms with van der Waals surface area (Å²) in [5.74, 6) is 0. The van der Waals surface area contributed by atoms with Crippen LogP contribution in [0.2, 0.25) is 0 Å². The Kier molecular flexibility index (Phi) is 5.63. The molecule has 1 aromatic heterocycles. The molecule has 102 valence electrons. The van der Waals surface area contributed by atoms with Crippen molar-refractivity contribution in [3.8, 4) is 0 Å². The van der Waals surface area contributed by atoms with Crippen molar-refractivity contribution < 1.29 is 4.74 Å². The second-order valence-corrected chi connectivity index (χ2v) is 6.29. The third kappa shape index (κ3) is 4.05. The van der Waals surface area contributed by atoms with Gasteiger partial charge >= 0.3 is 0 Å². The number of hydrogen-bond donors (Lipinski definition) is 1. The third-order valence-corrected chi connectivity index (χ3v) is 4.65. The molecule has 0 aromatic carbocycles. The van der Waals surface area contributed by atoms with Gasteiger partial charge in [-0.1, -0.05) is 6.42 Å². The minimum Gasteiger partial charge on any atom is -0.375 e. The van der Waals surface area contributed by atoms with Gasteiger partial charge in [0.05, 0.1) is 13.2 Å². The largest absolute Gasteiger partial charge is 0.375 e. The van der Waals surface area contributed by atoms with Crippen molar-refractivity contribution in [1.82, 2.24) is 4.90 Å². The number of likely N-dealkylation sites (tertiary alicyclic amines) is 1. The van der Waals surface area contributed by atoms with Crippen LogP contribution in [0.4, 0.5) is 0 Å². The van der Waals surface area contributed by atoms with Gasteiger partial charge in [-0.15, -0.1) is 11.3 Å². The van der Waals surface area contributed by atoms with Crippen molar-refractivity contribution in [2.45, 2.75) is 39.3 Å². The van der Waals surface area contributed by atoms with Crippen LogP contribution in [0.5, 0.6) is 0 Å². The van der Waals surface area contributed by atoms with E-state index in [1.165, 1.54) is 47.7 Å². The molecule has 0 unspecified atom stereocenters. The van der Waals surface area contributed by atoms with E-state index in [4.69, 9.17) is 10.5 Å². The fourth-order valence-corrected chi connectivity index (χ4v) is 3.32. The van der Waals surface area contributed by atoms with Crippen LogP contribution in [-0.4, -0.2) is 31.1 Å². The summed E-state index contributed by atoms with van der Waals surface area (Å²) in [5, 5.41) is 0. The molecular weight excluding hydrogens is 244 g/mol. The SMILES string of the molecule is Cc1sc(CN)cc1COCCN1CCCCC1. The molecule has 2 rings (SSSR count). The molecule has 1 aliphatic rings. The van der Waals surface area contributed by atoms with E-state index in [-0.39, 0.29) is 0 Å². The second kappa shape index (κ2) is 7.24. The molecule has 1 aromatic rings. The van der Waals surface area contributed by atoms with Gasteiger partial charge in [0, 0.05) is 22.8 Å². The van der Waals surface area contributed by atoms with E-state index >= 15 is 0 Å². The average Bonchev–Trinajstić information content (AvgIpc) is 2.77. The van der Waals surface area contributed by atoms with Crippen LogP contribution in [0, 0.1) is 6.92 Å². The van der Waals surface area contributed by atoms with Crippen LogP contribution < -0.4 is 5.73 Å². The van der Waals surface area contributed by atoms with Gasteiger partial charge in [0.15, 0.2) is 0 Å². The summed E-state index contributed by atoms with van der Waals surface area (Å²) >= 11 is 1.79. The summed E-state index contributed by atoms with van der Waals surface area (Å²) in [5.41, 5.74) is 6.95. The van der Waals surface area contributed by atoms with Crippen molar-refractivity contribution in [1.29, 1.82) is 0 Å². The molecular formula is C14H24N2OS. The Morgan fingerprint density at radius 2 is 2.11 bits per heavy atom. The van der Waals surface area contributed by atoms with Gasteiger partial charge in [-0.25, -0.2) is 0 Å². The van der Waals surface area contributed by atoms with Crippen LogP contribution in [0.1, 0.15) is 34.6 Å². The van der Waals surface area contributed by atoms with Crippen LogP contribution in [-0.2, 0) is 17.9 Å². The monoisotopic (exact) mass is 268 g/mol. The Balaban J connectivity index is 1.66. The maximum atomic E-state index is 5.79. The number of hydrogen-bond acceptors (Lipinski definition) is 4. The molecule has 1 aliphatic heterocycles. The van der Waals surface area contributed by atoms with E-state index in [1.807, 2.05) is 0 Å². The van der Waals surface area contributed by atoms with Crippen molar-refractivity contribution in [2.24, 2.45) is 5.73 Å². The molecule has 0 bridgehead atoms. The smallest absolute Gasteiger partial charge is 0.0728 e. The average molecular weight is 268 g/mol. The predicted octanol–water partition coefficient (Wildman–Crippen LogP) is 2.52. The number of piperidine rings is 1. The number of nitrogens with two attached hydrogens (primary N) is 1. The highest BCUT2D eigenvalue weighted by molar-refractivity contribution is 7.12. The first kappa shape index (κ1) is 14.0. The quantitative estimate of drug-likeness (QED) is 0.806. The maximum absolute atomic E-state index is 5.79. The lowest BCUT2D eigenvalue weighted by molar-refractivity contribution is 0.0862. The summed E-state index contributed by atoms with van der Waals surface area (Å²) < 4.78 is 5.79. The molecule has 0 aliphatic carbocycles. The first-order valence-corrected chi connectivity index (χ1v) is 7.69. The Bertz CT molecular complexity index is 359. The molecule has 2 N–H and O–H groups in total. The second-order valence-electron chi connectivity index (χ2n) is 4.95. The lowest BCUT2D eigenvalue weighted by Gasteiger charge is -2.26. The fourth-order valence-electron chi connectivity index (χ4n) is 2.39. The van der Waals surface area contributed by atoms with E-state index < -0.39 is 0 Å². The van der Waals surface area contributed by atoms with Crippen LogP contribution >= 0.6 is 11.3 Å². The van der Waals surface area contributed by atoms with Gasteiger partial charge < -0.3 is 15.4 Å². The highest BCUT2D eigenvalue weighted by atomic mass is 32.1. The summed E-state index contributed by atoms with van der Waals surface area (Å²) in [4.78, 5) is 5.10. The normalized spacial score (nSPS) is 17.2. The number of thiophene rings is 1. The Morgan fingerprint density at radius 3 is 2.78 bits per heavy atom. The summed E-state index contributed by atoms with van der Waals surface area (Å²) in [7, 11) is 0. The molecule has 1 fully saturated rings. The summed E-state index contributed by atoms with van der Waals surface area (Å²) in [6.45, 7) is 7.93. The first-order valence-electron chi connectivity index (χ1n) is 6.88. The van der Waals surface area contributed by atoms with Crippen molar-refractivity contribution >= 4 is 11.3 Å². The highest BCUT2D eigenvalue weighted by Crippen LogP contribution is 2.21. The maximum Gasteiger partial charge on any atom is 0.0728 e. The van der Waals surface area contributed by atoms with Gasteiger partial charge in [0.2, 0.25) is 0 Å². The van der Waals surface area contributed by atoms with Crippen molar-refractivity contribution in [3.05, 3.63) is 21.4 Å². The minimum absolute atomic E-state index is 0.638. The van der Waals surface area contributed by atoms with Crippen molar-refractivity contribution in [3.63, 3.8) is 0 Å².